The molecule has 8 nitrogen and oxygen atoms in total. The normalized spacial score (nSPS) is 11.0. The molecule has 1 aromatic heterocycles. The Hall–Kier alpha value is -2.52. The third kappa shape index (κ3) is 4.31. The largest absolute Gasteiger partial charge is 0.290 e. The maximum absolute atomic E-state index is 12.2. The monoisotopic (exact) mass is 382 g/mol. The van der Waals surface area contributed by atoms with Gasteiger partial charge >= 0.3 is 0 Å². The molecular weight excluding hydrogens is 368 g/mol. The van der Waals surface area contributed by atoms with Crippen LogP contribution in [0.15, 0.2) is 35.6 Å². The first kappa shape index (κ1) is 18.8. The van der Waals surface area contributed by atoms with Crippen LogP contribution >= 0.6 is 11.6 Å². The van der Waals surface area contributed by atoms with Crippen LogP contribution in [-0.4, -0.2) is 36.0 Å². The summed E-state index contributed by atoms with van der Waals surface area (Å²) in [6.45, 7) is 3.18. The molecule has 2 rings (SSSR count). The maximum atomic E-state index is 12.2. The Labute approximate surface area is 149 Å². The number of nitrogens with zero attached hydrogens (tertiary/aromatic N) is 2. The van der Waals surface area contributed by atoms with E-state index in [4.69, 9.17) is 11.6 Å². The molecule has 2 aromatic rings. The summed E-state index contributed by atoms with van der Waals surface area (Å²) < 4.78 is 23.6. The molecule has 0 spiro atoms. The summed E-state index contributed by atoms with van der Waals surface area (Å²) in [4.78, 5) is 31.5. The molecular formula is C15H15ClN4O4S. The van der Waals surface area contributed by atoms with Gasteiger partial charge in [0.15, 0.2) is 5.69 Å². The molecule has 0 bridgehead atoms. The summed E-state index contributed by atoms with van der Waals surface area (Å²) in [6, 6.07) is 6.81. The second-order valence-electron chi connectivity index (χ2n) is 4.98. The number of hydrogen-bond acceptors (Lipinski definition) is 6. The number of halogens is 1. The van der Waals surface area contributed by atoms with Gasteiger partial charge in [-0.3, -0.25) is 20.4 Å². The molecule has 0 saturated carbocycles. The third-order valence-corrected chi connectivity index (χ3v) is 5.06. The topological polar surface area (TPSA) is 118 Å². The van der Waals surface area contributed by atoms with Crippen molar-refractivity contribution in [2.45, 2.75) is 19.0 Å². The Bertz CT molecular complexity index is 931. The van der Waals surface area contributed by atoms with Gasteiger partial charge in [-0.25, -0.2) is 18.4 Å². The fraction of sp³-hybridized carbons (Fsp3) is 0.200. The van der Waals surface area contributed by atoms with Gasteiger partial charge in [0.2, 0.25) is 15.0 Å². The molecule has 25 heavy (non-hydrogen) atoms. The highest BCUT2D eigenvalue weighted by Crippen LogP contribution is 2.15. The van der Waals surface area contributed by atoms with Crippen molar-refractivity contribution in [3.63, 3.8) is 0 Å². The molecule has 0 unspecified atom stereocenters. The van der Waals surface area contributed by atoms with Crippen molar-refractivity contribution in [2.24, 2.45) is 0 Å². The van der Waals surface area contributed by atoms with Crippen molar-refractivity contribution in [3.05, 3.63) is 52.3 Å². The number of amides is 2. The Morgan fingerprint density at radius 3 is 2.44 bits per heavy atom. The number of rotatable bonds is 4. The standard InChI is InChI=1S/C15H15ClN4O4S/c1-3-25(23,24)15-17-8-11(16)12(18-15)14(22)20-19-13(21)10-7-5-4-6-9(10)2/h4-8H,3H2,1-2H3,(H,19,21)(H,20,22). The number of aryl methyl sites for hydroxylation is 1. The summed E-state index contributed by atoms with van der Waals surface area (Å²) >= 11 is 5.85. The van der Waals surface area contributed by atoms with E-state index in [1.165, 1.54) is 6.92 Å². The van der Waals surface area contributed by atoms with Crippen molar-refractivity contribution in [1.29, 1.82) is 0 Å². The molecule has 2 N–H and O–H groups in total. The fourth-order valence-corrected chi connectivity index (χ4v) is 2.74. The highest BCUT2D eigenvalue weighted by molar-refractivity contribution is 7.91. The zero-order valence-corrected chi connectivity index (χ0v) is 15.0. The molecule has 0 aliphatic carbocycles. The van der Waals surface area contributed by atoms with Crippen molar-refractivity contribution in [1.82, 2.24) is 20.8 Å². The van der Waals surface area contributed by atoms with Crippen molar-refractivity contribution >= 4 is 33.3 Å². The van der Waals surface area contributed by atoms with Crippen LogP contribution < -0.4 is 10.9 Å². The van der Waals surface area contributed by atoms with Crippen LogP contribution in [0.3, 0.4) is 0 Å². The van der Waals surface area contributed by atoms with Gasteiger partial charge in [-0.1, -0.05) is 36.7 Å². The smallest absolute Gasteiger partial charge is 0.267 e. The van der Waals surface area contributed by atoms with E-state index in [0.717, 1.165) is 11.8 Å². The lowest BCUT2D eigenvalue weighted by Crippen LogP contribution is -2.42. The summed E-state index contributed by atoms with van der Waals surface area (Å²) in [5.41, 5.74) is 5.14. The average Bonchev–Trinajstić information content (AvgIpc) is 2.60. The molecule has 0 aliphatic heterocycles. The Balaban J connectivity index is 2.17. The first-order valence-electron chi connectivity index (χ1n) is 7.18. The van der Waals surface area contributed by atoms with Crippen LogP contribution in [0.5, 0.6) is 0 Å². The van der Waals surface area contributed by atoms with Crippen LogP contribution in [0.1, 0.15) is 33.3 Å². The van der Waals surface area contributed by atoms with Crippen LogP contribution in [-0.2, 0) is 9.84 Å². The second-order valence-corrected chi connectivity index (χ2v) is 7.55. The van der Waals surface area contributed by atoms with Gasteiger partial charge in [0.25, 0.3) is 11.8 Å². The lowest BCUT2D eigenvalue weighted by molar-refractivity contribution is 0.0843. The van der Waals surface area contributed by atoms with Gasteiger partial charge in [-0.2, -0.15) is 0 Å². The van der Waals surface area contributed by atoms with Gasteiger partial charge < -0.3 is 0 Å². The Kier molecular flexibility index (Phi) is 5.70. The lowest BCUT2D eigenvalue weighted by Gasteiger charge is -2.10. The van der Waals surface area contributed by atoms with E-state index in [-0.39, 0.29) is 16.5 Å². The summed E-state index contributed by atoms with van der Waals surface area (Å²) in [5.74, 6) is -1.61. The minimum absolute atomic E-state index is 0.141. The van der Waals surface area contributed by atoms with Gasteiger partial charge in [-0.05, 0) is 18.6 Å². The zero-order valence-electron chi connectivity index (χ0n) is 13.4. The maximum Gasteiger partial charge on any atom is 0.290 e. The minimum atomic E-state index is -3.70. The molecule has 0 saturated heterocycles. The number of aromatic nitrogens is 2. The van der Waals surface area contributed by atoms with Crippen molar-refractivity contribution in [3.8, 4) is 0 Å². The van der Waals surface area contributed by atoms with E-state index in [1.807, 2.05) is 0 Å². The molecule has 0 aliphatic rings. The number of carbonyl (C=O) groups is 2. The van der Waals surface area contributed by atoms with E-state index >= 15 is 0 Å². The Morgan fingerprint density at radius 1 is 1.16 bits per heavy atom. The minimum Gasteiger partial charge on any atom is -0.267 e. The first-order valence-corrected chi connectivity index (χ1v) is 9.21. The van der Waals surface area contributed by atoms with Crippen LogP contribution in [0.2, 0.25) is 5.02 Å². The van der Waals surface area contributed by atoms with Gasteiger partial charge in [0.05, 0.1) is 17.0 Å². The van der Waals surface area contributed by atoms with Crippen LogP contribution in [0.4, 0.5) is 0 Å². The molecule has 10 heteroatoms. The van der Waals surface area contributed by atoms with E-state index in [2.05, 4.69) is 20.8 Å². The number of nitrogens with one attached hydrogen (secondary N) is 2. The lowest BCUT2D eigenvalue weighted by atomic mass is 10.1. The zero-order chi connectivity index (χ0) is 18.6. The number of benzene rings is 1. The predicted octanol–water partition coefficient (Wildman–Crippen LogP) is 1.31. The van der Waals surface area contributed by atoms with Gasteiger partial charge in [0.1, 0.15) is 0 Å². The molecule has 0 radical (unpaired) electrons. The average molecular weight is 383 g/mol. The number of carbonyl (C=O) groups excluding carboxylic acids is 2. The van der Waals surface area contributed by atoms with E-state index in [1.54, 1.807) is 31.2 Å². The fourth-order valence-electron chi connectivity index (χ4n) is 1.86. The SMILES string of the molecule is CCS(=O)(=O)c1ncc(Cl)c(C(=O)NNC(=O)c2ccccc2C)n1. The number of sulfone groups is 1. The molecule has 0 fully saturated rings. The molecule has 1 aromatic carbocycles. The highest BCUT2D eigenvalue weighted by Gasteiger charge is 2.21. The predicted molar refractivity (Wildman–Crippen MR) is 90.9 cm³/mol. The first-order chi connectivity index (χ1) is 11.8. The molecule has 1 heterocycles. The summed E-state index contributed by atoms with van der Waals surface area (Å²) in [5, 5.41) is -0.646. The van der Waals surface area contributed by atoms with Crippen LogP contribution in [0.25, 0.3) is 0 Å². The number of hydrogen-bond donors (Lipinski definition) is 2. The second kappa shape index (κ2) is 7.58. The summed E-state index contributed by atoms with van der Waals surface area (Å²) in [6.07, 6.45) is 1.02. The van der Waals surface area contributed by atoms with E-state index in [9.17, 15) is 18.0 Å². The third-order valence-electron chi connectivity index (χ3n) is 3.27. The summed E-state index contributed by atoms with van der Waals surface area (Å²) in [7, 11) is -3.70. The molecule has 132 valence electrons. The van der Waals surface area contributed by atoms with Crippen molar-refractivity contribution in [2.75, 3.05) is 5.75 Å². The molecule has 0 atom stereocenters. The van der Waals surface area contributed by atoms with Crippen LogP contribution in [0, 0.1) is 6.92 Å². The number of hydrazine groups is 1. The molecule has 2 amide bonds. The van der Waals surface area contributed by atoms with Crippen molar-refractivity contribution < 1.29 is 18.0 Å². The van der Waals surface area contributed by atoms with Gasteiger partial charge in [0, 0.05) is 5.56 Å². The quantitative estimate of drug-likeness (QED) is 0.608. The van der Waals surface area contributed by atoms with E-state index in [0.29, 0.717) is 5.56 Å². The highest BCUT2D eigenvalue weighted by atomic mass is 35.5. The Morgan fingerprint density at radius 2 is 1.80 bits per heavy atom. The van der Waals surface area contributed by atoms with Gasteiger partial charge in [-0.15, -0.1) is 0 Å². The van der Waals surface area contributed by atoms with E-state index < -0.39 is 26.8 Å².